The van der Waals surface area contributed by atoms with Crippen LogP contribution in [0.1, 0.15) is 31.7 Å². The minimum Gasteiger partial charge on any atom is -0.481 e. The molecule has 0 spiro atoms. The predicted octanol–water partition coefficient (Wildman–Crippen LogP) is 2.61. The number of nitrogens with zero attached hydrogens (tertiary/aromatic N) is 1. The average Bonchev–Trinajstić information content (AvgIpc) is 3.11. The third-order valence-corrected chi connectivity index (χ3v) is 4.64. The second-order valence-corrected chi connectivity index (χ2v) is 7.03. The molecule has 1 saturated heterocycles. The summed E-state index contributed by atoms with van der Waals surface area (Å²) in [4.78, 5) is 19.6. The number of carboxylic acids is 1. The fourth-order valence-electron chi connectivity index (χ4n) is 3.45. The summed E-state index contributed by atoms with van der Waals surface area (Å²) in [6.45, 7) is 6.08. The van der Waals surface area contributed by atoms with Crippen molar-refractivity contribution in [3.8, 4) is 0 Å². The van der Waals surface area contributed by atoms with Crippen molar-refractivity contribution < 1.29 is 9.90 Å². The molecule has 1 aliphatic rings. The fourth-order valence-corrected chi connectivity index (χ4v) is 3.45. The topological polar surface area (TPSA) is 78.0 Å². The maximum Gasteiger partial charge on any atom is 0.307 e. The van der Waals surface area contributed by atoms with Crippen molar-refractivity contribution in [2.75, 3.05) is 13.1 Å². The Hall–Kier alpha value is -1.88. The first kappa shape index (κ1) is 16.0. The Kier molecular flexibility index (Phi) is 4.66. The number of rotatable bonds is 6. The monoisotopic (exact) mass is 315 g/mol. The van der Waals surface area contributed by atoms with Crippen molar-refractivity contribution in [1.29, 1.82) is 0 Å². The van der Waals surface area contributed by atoms with E-state index in [2.05, 4.69) is 35.2 Å². The molecule has 3 rings (SSSR count). The second-order valence-electron chi connectivity index (χ2n) is 7.03. The van der Waals surface area contributed by atoms with Gasteiger partial charge in [-0.25, -0.2) is 4.98 Å². The van der Waals surface area contributed by atoms with Gasteiger partial charge in [-0.15, -0.1) is 0 Å². The van der Waals surface area contributed by atoms with E-state index in [1.165, 1.54) is 0 Å². The van der Waals surface area contributed by atoms with E-state index < -0.39 is 5.97 Å². The van der Waals surface area contributed by atoms with Gasteiger partial charge in [0.1, 0.15) is 5.82 Å². The Labute approximate surface area is 136 Å². The summed E-state index contributed by atoms with van der Waals surface area (Å²) in [5, 5.41) is 12.8. The zero-order valence-electron chi connectivity index (χ0n) is 13.8. The van der Waals surface area contributed by atoms with E-state index in [1.807, 2.05) is 12.1 Å². The second kappa shape index (κ2) is 6.71. The lowest BCUT2D eigenvalue weighted by Gasteiger charge is -2.18. The van der Waals surface area contributed by atoms with Gasteiger partial charge in [-0.3, -0.25) is 4.79 Å². The van der Waals surface area contributed by atoms with E-state index in [-0.39, 0.29) is 11.8 Å². The van der Waals surface area contributed by atoms with Gasteiger partial charge in [-0.2, -0.15) is 0 Å². The highest BCUT2D eigenvalue weighted by atomic mass is 16.4. The number of imidazole rings is 1. The van der Waals surface area contributed by atoms with E-state index in [1.54, 1.807) is 0 Å². The molecule has 0 saturated carbocycles. The number of nitrogens with one attached hydrogen (secondary N) is 2. The first-order chi connectivity index (χ1) is 11.0. The van der Waals surface area contributed by atoms with Crippen molar-refractivity contribution >= 4 is 17.0 Å². The highest BCUT2D eigenvalue weighted by Crippen LogP contribution is 2.25. The van der Waals surface area contributed by atoms with Gasteiger partial charge in [0.05, 0.1) is 17.0 Å². The number of benzene rings is 1. The van der Waals surface area contributed by atoms with Gasteiger partial charge in [-0.1, -0.05) is 19.9 Å². The van der Waals surface area contributed by atoms with E-state index in [4.69, 9.17) is 0 Å². The number of fused-ring (bicyclic) bond motifs is 1. The molecule has 1 aromatic carbocycles. The molecule has 1 aromatic heterocycles. The van der Waals surface area contributed by atoms with Crippen LogP contribution in [-0.4, -0.2) is 34.1 Å². The lowest BCUT2D eigenvalue weighted by molar-refractivity contribution is -0.143. The predicted molar refractivity (Wildman–Crippen MR) is 90.4 cm³/mol. The number of hydrogen-bond donors (Lipinski definition) is 3. The van der Waals surface area contributed by atoms with Crippen LogP contribution in [0.5, 0.6) is 0 Å². The van der Waals surface area contributed by atoms with Gasteiger partial charge < -0.3 is 15.4 Å². The number of carbonyl (C=O) groups is 1. The van der Waals surface area contributed by atoms with E-state index in [9.17, 15) is 9.90 Å². The van der Waals surface area contributed by atoms with Gasteiger partial charge >= 0.3 is 5.97 Å². The SMILES string of the molecule is CC(C)Cc1nc2ccc(C[C@H](C(=O)O)[C@H]3CCNC3)cc2[nH]1. The maximum atomic E-state index is 11.6. The number of aromatic nitrogens is 2. The molecule has 2 aromatic rings. The average molecular weight is 315 g/mol. The summed E-state index contributed by atoms with van der Waals surface area (Å²) >= 11 is 0. The number of hydrogen-bond acceptors (Lipinski definition) is 3. The first-order valence-corrected chi connectivity index (χ1v) is 8.44. The minimum absolute atomic E-state index is 0.224. The Morgan fingerprint density at radius 1 is 1.39 bits per heavy atom. The van der Waals surface area contributed by atoms with Crippen molar-refractivity contribution in [3.05, 3.63) is 29.6 Å². The Bertz CT molecular complexity index is 687. The third kappa shape index (κ3) is 3.72. The first-order valence-electron chi connectivity index (χ1n) is 8.44. The summed E-state index contributed by atoms with van der Waals surface area (Å²) in [6.07, 6.45) is 2.45. The van der Waals surface area contributed by atoms with Crippen molar-refractivity contribution in [2.24, 2.45) is 17.8 Å². The van der Waals surface area contributed by atoms with Crippen LogP contribution in [-0.2, 0) is 17.6 Å². The standard InChI is InChI=1S/C18H25N3O2/c1-11(2)7-17-20-15-4-3-12(9-16(15)21-17)8-14(18(22)23)13-5-6-19-10-13/h3-4,9,11,13-14,19H,5-8,10H2,1-2H3,(H,20,21)(H,22,23)/t13-,14-/m0/s1. The highest BCUT2D eigenvalue weighted by Gasteiger charge is 2.30. The maximum absolute atomic E-state index is 11.6. The quantitative estimate of drug-likeness (QED) is 0.766. The summed E-state index contributed by atoms with van der Waals surface area (Å²) in [7, 11) is 0. The number of aromatic amines is 1. The van der Waals surface area contributed by atoms with Gasteiger partial charge in [0, 0.05) is 6.42 Å². The van der Waals surface area contributed by atoms with Crippen LogP contribution in [0.25, 0.3) is 11.0 Å². The smallest absolute Gasteiger partial charge is 0.307 e. The van der Waals surface area contributed by atoms with E-state index in [0.717, 1.165) is 48.4 Å². The lowest BCUT2D eigenvalue weighted by Crippen LogP contribution is -2.27. The number of aliphatic carboxylic acids is 1. The fraction of sp³-hybridized carbons (Fsp3) is 0.556. The van der Waals surface area contributed by atoms with Crippen molar-refractivity contribution in [2.45, 2.75) is 33.1 Å². The molecule has 2 heterocycles. The molecule has 2 atom stereocenters. The molecular formula is C18H25N3O2. The van der Waals surface area contributed by atoms with Crippen molar-refractivity contribution in [1.82, 2.24) is 15.3 Å². The third-order valence-electron chi connectivity index (χ3n) is 4.64. The van der Waals surface area contributed by atoms with Gasteiger partial charge in [0.25, 0.3) is 0 Å². The van der Waals surface area contributed by atoms with Gasteiger partial charge in [0.15, 0.2) is 0 Å². The van der Waals surface area contributed by atoms with E-state index >= 15 is 0 Å². The van der Waals surface area contributed by atoms with Crippen LogP contribution in [0, 0.1) is 17.8 Å². The largest absolute Gasteiger partial charge is 0.481 e. The Morgan fingerprint density at radius 2 is 2.22 bits per heavy atom. The Balaban J connectivity index is 1.80. The molecular weight excluding hydrogens is 290 g/mol. The van der Waals surface area contributed by atoms with Crippen LogP contribution >= 0.6 is 0 Å². The Morgan fingerprint density at radius 3 is 2.87 bits per heavy atom. The summed E-state index contributed by atoms with van der Waals surface area (Å²) in [6, 6.07) is 6.07. The molecule has 1 aliphatic heterocycles. The summed E-state index contributed by atoms with van der Waals surface area (Å²) in [5.41, 5.74) is 3.03. The van der Waals surface area contributed by atoms with Gasteiger partial charge in [-0.05, 0) is 55.5 Å². The van der Waals surface area contributed by atoms with E-state index in [0.29, 0.717) is 12.3 Å². The number of carboxylic acid groups (broad SMARTS) is 1. The van der Waals surface area contributed by atoms with Crippen molar-refractivity contribution in [3.63, 3.8) is 0 Å². The molecule has 0 amide bonds. The van der Waals surface area contributed by atoms with Crippen LogP contribution in [0.4, 0.5) is 0 Å². The lowest BCUT2D eigenvalue weighted by atomic mass is 9.86. The van der Waals surface area contributed by atoms with Crippen LogP contribution in [0.3, 0.4) is 0 Å². The molecule has 124 valence electrons. The molecule has 0 unspecified atom stereocenters. The molecule has 0 bridgehead atoms. The summed E-state index contributed by atoms with van der Waals surface area (Å²) in [5.74, 6) is 0.772. The molecule has 3 N–H and O–H groups in total. The summed E-state index contributed by atoms with van der Waals surface area (Å²) < 4.78 is 0. The molecule has 1 fully saturated rings. The molecule has 5 heteroatoms. The zero-order valence-corrected chi connectivity index (χ0v) is 13.8. The normalized spacial score (nSPS) is 19.5. The highest BCUT2D eigenvalue weighted by molar-refractivity contribution is 5.76. The zero-order chi connectivity index (χ0) is 16.4. The minimum atomic E-state index is -0.691. The van der Waals surface area contributed by atoms with Crippen LogP contribution < -0.4 is 5.32 Å². The molecule has 0 radical (unpaired) electrons. The molecule has 23 heavy (non-hydrogen) atoms. The van der Waals surface area contributed by atoms with Crippen LogP contribution in [0.2, 0.25) is 0 Å². The molecule has 0 aliphatic carbocycles. The van der Waals surface area contributed by atoms with Crippen LogP contribution in [0.15, 0.2) is 18.2 Å². The molecule has 5 nitrogen and oxygen atoms in total. The van der Waals surface area contributed by atoms with Gasteiger partial charge in [0.2, 0.25) is 0 Å². The number of H-pyrrole nitrogens is 1.